The Morgan fingerprint density at radius 2 is 2.00 bits per heavy atom. The molecule has 90 valence electrons. The van der Waals surface area contributed by atoms with Crippen LogP contribution in [0.3, 0.4) is 0 Å². The van der Waals surface area contributed by atoms with E-state index in [1.165, 1.54) is 0 Å². The van der Waals surface area contributed by atoms with Gasteiger partial charge in [0, 0.05) is 33.7 Å². The van der Waals surface area contributed by atoms with Gasteiger partial charge < -0.3 is 10.2 Å². The van der Waals surface area contributed by atoms with Crippen LogP contribution in [0.5, 0.6) is 0 Å². The molecule has 1 aromatic carbocycles. The number of hydrogen-bond donors (Lipinski definition) is 1. The largest absolute Gasteiger partial charge is 0.468 e. The van der Waals surface area contributed by atoms with Crippen LogP contribution < -0.4 is 5.73 Å². The molecule has 0 saturated carbocycles. The summed E-state index contributed by atoms with van der Waals surface area (Å²) in [6, 6.07) is 7.92. The van der Waals surface area contributed by atoms with Crippen molar-refractivity contribution in [3.63, 3.8) is 0 Å². The van der Waals surface area contributed by atoms with Crippen LogP contribution in [0.1, 0.15) is 5.76 Å². The number of benzene rings is 1. The number of nitrogens with zero attached hydrogens (tertiary/aromatic N) is 1. The van der Waals surface area contributed by atoms with Crippen molar-refractivity contribution in [3.05, 3.63) is 48.7 Å². The van der Waals surface area contributed by atoms with Crippen molar-refractivity contribution >= 4 is 28.2 Å². The van der Waals surface area contributed by atoms with Gasteiger partial charge in [-0.2, -0.15) is 0 Å². The van der Waals surface area contributed by atoms with Gasteiger partial charge in [-0.25, -0.2) is 0 Å². The number of anilines is 1. The third-order valence-corrected chi connectivity index (χ3v) is 4.06. The van der Waals surface area contributed by atoms with Gasteiger partial charge in [0.15, 0.2) is 0 Å². The van der Waals surface area contributed by atoms with Gasteiger partial charge in [0.2, 0.25) is 0 Å². The van der Waals surface area contributed by atoms with Crippen LogP contribution in [0, 0.1) is 6.92 Å². The molecule has 0 unspecified atom stereocenters. The van der Waals surface area contributed by atoms with E-state index in [-0.39, 0.29) is 0 Å². The first-order valence-electron chi connectivity index (χ1n) is 5.60. The van der Waals surface area contributed by atoms with Crippen molar-refractivity contribution in [2.45, 2.75) is 16.7 Å². The van der Waals surface area contributed by atoms with Crippen LogP contribution in [0.4, 0.5) is 5.69 Å². The molecule has 2 heterocycles. The highest BCUT2D eigenvalue weighted by Crippen LogP contribution is 2.36. The lowest BCUT2D eigenvalue weighted by molar-refractivity contribution is 0.527. The summed E-state index contributed by atoms with van der Waals surface area (Å²) < 4.78 is 5.31. The number of aryl methyl sites for hydroxylation is 1. The summed E-state index contributed by atoms with van der Waals surface area (Å²) in [4.78, 5) is 6.40. The molecule has 0 saturated heterocycles. The van der Waals surface area contributed by atoms with Crippen LogP contribution in [-0.2, 0) is 0 Å². The SMILES string of the molecule is Cc1occc1Sc1ccc(N)c2cnccc12. The average Bonchev–Trinajstić information content (AvgIpc) is 2.79. The number of fused-ring (bicyclic) bond motifs is 1. The molecule has 0 radical (unpaired) electrons. The summed E-state index contributed by atoms with van der Waals surface area (Å²) in [5.74, 6) is 0.930. The molecule has 3 aromatic rings. The van der Waals surface area contributed by atoms with Crippen molar-refractivity contribution in [3.8, 4) is 0 Å². The Kier molecular flexibility index (Phi) is 2.72. The maximum atomic E-state index is 5.96. The fourth-order valence-electron chi connectivity index (χ4n) is 1.87. The average molecular weight is 256 g/mol. The van der Waals surface area contributed by atoms with Crippen LogP contribution >= 0.6 is 11.8 Å². The predicted octanol–water partition coefficient (Wildman–Crippen LogP) is 3.87. The number of rotatable bonds is 2. The Labute approximate surface area is 109 Å². The second-order valence-electron chi connectivity index (χ2n) is 4.02. The van der Waals surface area contributed by atoms with Gasteiger partial charge in [0.05, 0.1) is 11.2 Å². The van der Waals surface area contributed by atoms with E-state index in [0.29, 0.717) is 0 Å². The van der Waals surface area contributed by atoms with E-state index < -0.39 is 0 Å². The van der Waals surface area contributed by atoms with E-state index >= 15 is 0 Å². The molecule has 0 amide bonds. The minimum atomic E-state index is 0.756. The molecule has 0 atom stereocenters. The molecule has 3 nitrogen and oxygen atoms in total. The number of hydrogen-bond acceptors (Lipinski definition) is 4. The Bertz CT molecular complexity index is 706. The highest BCUT2D eigenvalue weighted by molar-refractivity contribution is 7.99. The predicted molar refractivity (Wildman–Crippen MR) is 73.7 cm³/mol. The molecule has 0 aliphatic carbocycles. The smallest absolute Gasteiger partial charge is 0.114 e. The third-order valence-electron chi connectivity index (χ3n) is 2.84. The molecule has 18 heavy (non-hydrogen) atoms. The van der Waals surface area contributed by atoms with Crippen LogP contribution in [-0.4, -0.2) is 4.98 Å². The Balaban J connectivity index is 2.13. The first kappa shape index (κ1) is 11.2. The number of aromatic nitrogens is 1. The lowest BCUT2D eigenvalue weighted by Gasteiger charge is -2.07. The zero-order chi connectivity index (χ0) is 12.5. The standard InChI is InChI=1S/C14H12N2OS/c1-9-13(5-7-17-9)18-14-3-2-12(15)11-8-16-6-4-10(11)14/h2-8H,15H2,1H3. The molecular formula is C14H12N2OS. The van der Waals surface area contributed by atoms with Crippen LogP contribution in [0.2, 0.25) is 0 Å². The first-order valence-corrected chi connectivity index (χ1v) is 6.41. The Morgan fingerprint density at radius 1 is 1.11 bits per heavy atom. The van der Waals surface area contributed by atoms with Crippen molar-refractivity contribution in [1.82, 2.24) is 4.98 Å². The fraction of sp³-hybridized carbons (Fsp3) is 0.0714. The molecule has 0 aliphatic heterocycles. The van der Waals surface area contributed by atoms with E-state index in [0.717, 1.165) is 32.0 Å². The Morgan fingerprint density at radius 3 is 2.78 bits per heavy atom. The van der Waals surface area contributed by atoms with Gasteiger partial charge in [-0.3, -0.25) is 4.98 Å². The summed E-state index contributed by atoms with van der Waals surface area (Å²) in [6.45, 7) is 1.96. The maximum Gasteiger partial charge on any atom is 0.114 e. The lowest BCUT2D eigenvalue weighted by Crippen LogP contribution is -1.89. The zero-order valence-electron chi connectivity index (χ0n) is 9.88. The minimum absolute atomic E-state index is 0.756. The quantitative estimate of drug-likeness (QED) is 0.707. The summed E-state index contributed by atoms with van der Waals surface area (Å²) >= 11 is 1.68. The number of nitrogen functional groups attached to an aromatic ring is 1. The molecule has 3 rings (SSSR count). The number of pyridine rings is 1. The van der Waals surface area contributed by atoms with Gasteiger partial charge in [-0.15, -0.1) is 0 Å². The molecule has 0 bridgehead atoms. The maximum absolute atomic E-state index is 5.96. The van der Waals surface area contributed by atoms with E-state index in [1.54, 1.807) is 30.4 Å². The summed E-state index contributed by atoms with van der Waals surface area (Å²) in [6.07, 6.45) is 5.30. The van der Waals surface area contributed by atoms with E-state index in [4.69, 9.17) is 10.2 Å². The number of nitrogens with two attached hydrogens (primary N) is 1. The normalized spacial score (nSPS) is 10.9. The molecule has 0 spiro atoms. The zero-order valence-corrected chi connectivity index (χ0v) is 10.7. The highest BCUT2D eigenvalue weighted by Gasteiger charge is 2.08. The monoisotopic (exact) mass is 256 g/mol. The van der Waals surface area contributed by atoms with E-state index in [9.17, 15) is 0 Å². The van der Waals surface area contributed by atoms with Crippen molar-refractivity contribution < 1.29 is 4.42 Å². The van der Waals surface area contributed by atoms with E-state index in [1.807, 2.05) is 31.2 Å². The molecular weight excluding hydrogens is 244 g/mol. The molecule has 2 N–H and O–H groups in total. The van der Waals surface area contributed by atoms with Crippen molar-refractivity contribution in [2.75, 3.05) is 5.73 Å². The van der Waals surface area contributed by atoms with Gasteiger partial charge in [-0.05, 0) is 31.2 Å². The van der Waals surface area contributed by atoms with Gasteiger partial charge in [0.25, 0.3) is 0 Å². The fourth-order valence-corrected chi connectivity index (χ4v) is 2.85. The van der Waals surface area contributed by atoms with Gasteiger partial charge in [0.1, 0.15) is 5.76 Å². The topological polar surface area (TPSA) is 52.0 Å². The second-order valence-corrected chi connectivity index (χ2v) is 5.10. The summed E-state index contributed by atoms with van der Waals surface area (Å²) in [7, 11) is 0. The molecule has 2 aromatic heterocycles. The molecule has 0 aliphatic rings. The highest BCUT2D eigenvalue weighted by atomic mass is 32.2. The van der Waals surface area contributed by atoms with Gasteiger partial charge >= 0.3 is 0 Å². The van der Waals surface area contributed by atoms with Crippen molar-refractivity contribution in [1.29, 1.82) is 0 Å². The Hall–Kier alpha value is -1.94. The second kappa shape index (κ2) is 4.38. The van der Waals surface area contributed by atoms with Gasteiger partial charge in [-0.1, -0.05) is 11.8 Å². The minimum Gasteiger partial charge on any atom is -0.468 e. The summed E-state index contributed by atoms with van der Waals surface area (Å²) in [5, 5.41) is 2.11. The molecule has 0 fully saturated rings. The molecule has 4 heteroatoms. The summed E-state index contributed by atoms with van der Waals surface area (Å²) in [5.41, 5.74) is 6.72. The third kappa shape index (κ3) is 1.84. The van der Waals surface area contributed by atoms with E-state index in [2.05, 4.69) is 4.98 Å². The lowest BCUT2D eigenvalue weighted by atomic mass is 10.1. The van der Waals surface area contributed by atoms with Crippen LogP contribution in [0.15, 0.2) is 57.1 Å². The van der Waals surface area contributed by atoms with Crippen molar-refractivity contribution in [2.24, 2.45) is 0 Å². The first-order chi connectivity index (χ1) is 8.75. The van der Waals surface area contributed by atoms with Crippen LogP contribution in [0.25, 0.3) is 10.8 Å². The number of furan rings is 1.